The van der Waals surface area contributed by atoms with Gasteiger partial charge in [-0.25, -0.2) is 4.79 Å². The monoisotopic (exact) mass is 233 g/mol. The van der Waals surface area contributed by atoms with Crippen LogP contribution >= 0.6 is 0 Å². The van der Waals surface area contributed by atoms with Crippen LogP contribution in [0.2, 0.25) is 0 Å². The first-order chi connectivity index (χ1) is 8.25. The van der Waals surface area contributed by atoms with E-state index < -0.39 is 5.97 Å². The van der Waals surface area contributed by atoms with Crippen molar-refractivity contribution in [3.63, 3.8) is 0 Å². The Balaban J connectivity index is 2.37. The largest absolute Gasteiger partial charge is 0.491 e. The zero-order valence-corrected chi connectivity index (χ0v) is 9.48. The summed E-state index contributed by atoms with van der Waals surface area (Å²) in [6.07, 6.45) is 5.77. The van der Waals surface area contributed by atoms with E-state index in [1.807, 2.05) is 0 Å². The number of aromatic carboxylic acids is 1. The SMILES string of the molecule is C#CCCNCCOc1ccccc1C(=O)O. The molecule has 0 saturated carbocycles. The average molecular weight is 233 g/mol. The van der Waals surface area contributed by atoms with Crippen molar-refractivity contribution in [1.29, 1.82) is 0 Å². The van der Waals surface area contributed by atoms with E-state index in [9.17, 15) is 4.79 Å². The Bertz CT molecular complexity index is 409. The van der Waals surface area contributed by atoms with E-state index in [1.165, 1.54) is 6.07 Å². The molecule has 0 aliphatic heterocycles. The van der Waals surface area contributed by atoms with Crippen molar-refractivity contribution in [2.45, 2.75) is 6.42 Å². The summed E-state index contributed by atoms with van der Waals surface area (Å²) in [5.41, 5.74) is 0.177. The number of carboxylic acid groups (broad SMARTS) is 1. The van der Waals surface area contributed by atoms with E-state index in [0.29, 0.717) is 25.3 Å². The number of para-hydroxylation sites is 1. The van der Waals surface area contributed by atoms with Gasteiger partial charge in [-0.3, -0.25) is 0 Å². The summed E-state index contributed by atoms with van der Waals surface area (Å²) in [5, 5.41) is 12.0. The predicted molar refractivity (Wildman–Crippen MR) is 65.2 cm³/mol. The van der Waals surface area contributed by atoms with Gasteiger partial charge in [0.15, 0.2) is 0 Å². The minimum absolute atomic E-state index is 0.177. The average Bonchev–Trinajstić information content (AvgIpc) is 2.34. The van der Waals surface area contributed by atoms with Gasteiger partial charge >= 0.3 is 5.97 Å². The molecule has 0 aliphatic rings. The van der Waals surface area contributed by atoms with Crippen LogP contribution in [0.4, 0.5) is 0 Å². The van der Waals surface area contributed by atoms with Crippen molar-refractivity contribution >= 4 is 5.97 Å². The van der Waals surface area contributed by atoms with Gasteiger partial charge < -0.3 is 15.2 Å². The molecule has 90 valence electrons. The molecule has 2 N–H and O–H groups in total. The fraction of sp³-hybridized carbons (Fsp3) is 0.308. The summed E-state index contributed by atoms with van der Waals surface area (Å²) in [5.74, 6) is 1.92. The lowest BCUT2D eigenvalue weighted by molar-refractivity contribution is 0.0692. The van der Waals surface area contributed by atoms with Crippen LogP contribution in [0.5, 0.6) is 5.75 Å². The highest BCUT2D eigenvalue weighted by Gasteiger charge is 2.09. The van der Waals surface area contributed by atoms with Crippen molar-refractivity contribution in [1.82, 2.24) is 5.32 Å². The first-order valence-corrected chi connectivity index (χ1v) is 5.35. The third-order valence-corrected chi connectivity index (χ3v) is 2.10. The Hall–Kier alpha value is -1.99. The number of hydrogen-bond donors (Lipinski definition) is 2. The molecule has 0 radical (unpaired) electrons. The minimum Gasteiger partial charge on any atom is -0.491 e. The number of nitrogens with one attached hydrogen (secondary N) is 1. The summed E-state index contributed by atoms with van der Waals surface area (Å²) in [4.78, 5) is 10.9. The first kappa shape index (κ1) is 13.1. The van der Waals surface area contributed by atoms with Crippen LogP contribution in [0.25, 0.3) is 0 Å². The van der Waals surface area contributed by atoms with Crippen LogP contribution in [0.1, 0.15) is 16.8 Å². The fourth-order valence-electron chi connectivity index (χ4n) is 1.29. The van der Waals surface area contributed by atoms with Crippen LogP contribution in [0.15, 0.2) is 24.3 Å². The number of rotatable bonds is 7. The highest BCUT2D eigenvalue weighted by atomic mass is 16.5. The van der Waals surface area contributed by atoms with Gasteiger partial charge in [0, 0.05) is 19.5 Å². The van der Waals surface area contributed by atoms with Crippen LogP contribution in [-0.4, -0.2) is 30.8 Å². The summed E-state index contributed by atoms with van der Waals surface area (Å²) < 4.78 is 5.38. The molecule has 1 aromatic rings. The van der Waals surface area contributed by atoms with Gasteiger partial charge in [-0.05, 0) is 12.1 Å². The summed E-state index contributed by atoms with van der Waals surface area (Å²) in [6.45, 7) is 1.78. The standard InChI is InChI=1S/C13H15NO3/c1-2-3-8-14-9-10-17-12-7-5-4-6-11(12)13(15)16/h1,4-7,14H,3,8-10H2,(H,15,16). The topological polar surface area (TPSA) is 58.6 Å². The Labute approximate surface area is 101 Å². The van der Waals surface area contributed by atoms with Crippen molar-refractivity contribution < 1.29 is 14.6 Å². The molecule has 1 rings (SSSR count). The molecular formula is C13H15NO3. The van der Waals surface area contributed by atoms with Gasteiger partial charge in [-0.1, -0.05) is 12.1 Å². The molecular weight excluding hydrogens is 218 g/mol. The normalized spacial score (nSPS) is 9.59. The highest BCUT2D eigenvalue weighted by Crippen LogP contribution is 2.17. The van der Waals surface area contributed by atoms with Gasteiger partial charge in [-0.15, -0.1) is 12.3 Å². The van der Waals surface area contributed by atoms with E-state index in [2.05, 4.69) is 11.2 Å². The van der Waals surface area contributed by atoms with Crippen LogP contribution in [0.3, 0.4) is 0 Å². The van der Waals surface area contributed by atoms with Gasteiger partial charge in [-0.2, -0.15) is 0 Å². The highest BCUT2D eigenvalue weighted by molar-refractivity contribution is 5.90. The number of ether oxygens (including phenoxy) is 1. The van der Waals surface area contributed by atoms with Crippen molar-refractivity contribution in [3.05, 3.63) is 29.8 Å². The van der Waals surface area contributed by atoms with E-state index >= 15 is 0 Å². The zero-order chi connectivity index (χ0) is 12.5. The third-order valence-electron chi connectivity index (χ3n) is 2.10. The predicted octanol–water partition coefficient (Wildman–Crippen LogP) is 1.38. The number of carboxylic acids is 1. The smallest absolute Gasteiger partial charge is 0.339 e. The number of benzene rings is 1. The molecule has 4 heteroatoms. The molecule has 0 fully saturated rings. The second-order valence-corrected chi connectivity index (χ2v) is 3.35. The molecule has 1 aromatic carbocycles. The van der Waals surface area contributed by atoms with Gasteiger partial charge in [0.05, 0.1) is 0 Å². The maximum Gasteiger partial charge on any atom is 0.339 e. The summed E-state index contributed by atoms with van der Waals surface area (Å²) >= 11 is 0. The third kappa shape index (κ3) is 4.58. The maximum atomic E-state index is 10.9. The molecule has 0 unspecified atom stereocenters. The van der Waals surface area contributed by atoms with Crippen molar-refractivity contribution in [2.24, 2.45) is 0 Å². The Kier molecular flexibility index (Phi) is 5.62. The van der Waals surface area contributed by atoms with Crippen LogP contribution in [-0.2, 0) is 0 Å². The van der Waals surface area contributed by atoms with E-state index in [1.54, 1.807) is 18.2 Å². The van der Waals surface area contributed by atoms with E-state index in [-0.39, 0.29) is 5.56 Å². The summed E-state index contributed by atoms with van der Waals surface area (Å²) in [6, 6.07) is 6.57. The lowest BCUT2D eigenvalue weighted by Crippen LogP contribution is -2.22. The Morgan fingerprint density at radius 3 is 2.88 bits per heavy atom. The quantitative estimate of drug-likeness (QED) is 0.551. The molecule has 17 heavy (non-hydrogen) atoms. The first-order valence-electron chi connectivity index (χ1n) is 5.35. The maximum absolute atomic E-state index is 10.9. The Morgan fingerprint density at radius 1 is 1.41 bits per heavy atom. The Morgan fingerprint density at radius 2 is 2.18 bits per heavy atom. The minimum atomic E-state index is -0.985. The molecule has 0 aliphatic carbocycles. The molecule has 0 spiro atoms. The number of terminal acetylenes is 1. The van der Waals surface area contributed by atoms with E-state index in [0.717, 1.165) is 6.54 Å². The molecule has 0 atom stereocenters. The van der Waals surface area contributed by atoms with Crippen molar-refractivity contribution in [2.75, 3.05) is 19.7 Å². The number of carbonyl (C=O) groups is 1. The second kappa shape index (κ2) is 7.31. The zero-order valence-electron chi connectivity index (χ0n) is 9.48. The fourth-order valence-corrected chi connectivity index (χ4v) is 1.29. The molecule has 0 aromatic heterocycles. The second-order valence-electron chi connectivity index (χ2n) is 3.35. The molecule has 0 heterocycles. The molecule has 0 saturated heterocycles. The van der Waals surface area contributed by atoms with Crippen LogP contribution in [0, 0.1) is 12.3 Å². The van der Waals surface area contributed by atoms with Gasteiger partial charge in [0.25, 0.3) is 0 Å². The summed E-state index contributed by atoms with van der Waals surface area (Å²) in [7, 11) is 0. The molecule has 0 bridgehead atoms. The van der Waals surface area contributed by atoms with E-state index in [4.69, 9.17) is 16.3 Å². The molecule has 4 nitrogen and oxygen atoms in total. The lowest BCUT2D eigenvalue weighted by Gasteiger charge is -2.09. The lowest BCUT2D eigenvalue weighted by atomic mass is 10.2. The van der Waals surface area contributed by atoms with Gasteiger partial charge in [0.2, 0.25) is 0 Å². The molecule has 0 amide bonds. The van der Waals surface area contributed by atoms with Crippen molar-refractivity contribution in [3.8, 4) is 18.1 Å². The van der Waals surface area contributed by atoms with Gasteiger partial charge in [0.1, 0.15) is 17.9 Å². The number of hydrogen-bond acceptors (Lipinski definition) is 3. The van der Waals surface area contributed by atoms with Crippen LogP contribution < -0.4 is 10.1 Å².